The van der Waals surface area contributed by atoms with Crippen LogP contribution in [0.2, 0.25) is 0 Å². The maximum Gasteiger partial charge on any atom is 0.257 e. The Balaban J connectivity index is 1.61. The fraction of sp³-hybridized carbons (Fsp3) is 0.346. The van der Waals surface area contributed by atoms with Crippen LogP contribution in [0.3, 0.4) is 0 Å². The quantitative estimate of drug-likeness (QED) is 0.583. The third-order valence-electron chi connectivity index (χ3n) is 6.15. The molecular formula is C26H30N4O3. The number of methoxy groups -OCH3 is 1. The maximum atomic E-state index is 13.6. The van der Waals surface area contributed by atoms with Gasteiger partial charge in [0, 0.05) is 45.0 Å². The lowest BCUT2D eigenvalue weighted by atomic mass is 10.0. The van der Waals surface area contributed by atoms with Gasteiger partial charge in [0.1, 0.15) is 12.3 Å². The van der Waals surface area contributed by atoms with Crippen molar-refractivity contribution in [1.29, 1.82) is 0 Å². The van der Waals surface area contributed by atoms with Gasteiger partial charge in [-0.15, -0.1) is 0 Å². The predicted octanol–water partition coefficient (Wildman–Crippen LogP) is 3.15. The van der Waals surface area contributed by atoms with Gasteiger partial charge >= 0.3 is 0 Å². The van der Waals surface area contributed by atoms with Gasteiger partial charge < -0.3 is 14.5 Å². The van der Waals surface area contributed by atoms with Crippen LogP contribution in [-0.4, -0.2) is 71.3 Å². The first-order valence-electron chi connectivity index (χ1n) is 11.2. The first kappa shape index (κ1) is 22.7. The Hall–Kier alpha value is -3.45. The number of carbonyl (C=O) groups excluding carboxylic acids is 2. The zero-order valence-corrected chi connectivity index (χ0v) is 19.5. The zero-order chi connectivity index (χ0) is 23.4. The number of benzene rings is 2. The normalized spacial score (nSPS) is 13.9. The van der Waals surface area contributed by atoms with Crippen LogP contribution in [-0.2, 0) is 16.1 Å². The number of ether oxygens (including phenoxy) is 1. The number of nitrogens with zero attached hydrogens (tertiary/aromatic N) is 4. The van der Waals surface area contributed by atoms with Crippen molar-refractivity contribution in [3.8, 4) is 11.3 Å². The molecule has 33 heavy (non-hydrogen) atoms. The minimum Gasteiger partial charge on any atom is -0.375 e. The highest BCUT2D eigenvalue weighted by Gasteiger charge is 2.28. The second-order valence-corrected chi connectivity index (χ2v) is 8.48. The minimum atomic E-state index is -0.0543. The van der Waals surface area contributed by atoms with Crippen molar-refractivity contribution in [1.82, 2.24) is 19.6 Å². The molecule has 7 nitrogen and oxygen atoms in total. The van der Waals surface area contributed by atoms with Gasteiger partial charge in [-0.3, -0.25) is 14.3 Å². The summed E-state index contributed by atoms with van der Waals surface area (Å²) < 4.78 is 6.79. The number of hydrogen-bond donors (Lipinski definition) is 0. The first-order chi connectivity index (χ1) is 16.0. The fourth-order valence-corrected chi connectivity index (χ4v) is 4.08. The number of aryl methyl sites for hydroxylation is 2. The molecule has 1 aliphatic rings. The van der Waals surface area contributed by atoms with Crippen molar-refractivity contribution in [2.24, 2.45) is 0 Å². The van der Waals surface area contributed by atoms with E-state index in [0.717, 1.165) is 16.7 Å². The third-order valence-corrected chi connectivity index (χ3v) is 6.15. The van der Waals surface area contributed by atoms with E-state index in [1.807, 2.05) is 40.0 Å². The Labute approximate surface area is 194 Å². The summed E-state index contributed by atoms with van der Waals surface area (Å²) in [6.45, 7) is 6.79. The van der Waals surface area contributed by atoms with E-state index in [0.29, 0.717) is 44.0 Å². The van der Waals surface area contributed by atoms with Crippen LogP contribution >= 0.6 is 0 Å². The van der Waals surface area contributed by atoms with Crippen molar-refractivity contribution in [2.75, 3.05) is 39.9 Å². The molecule has 0 unspecified atom stereocenters. The molecule has 2 heterocycles. The van der Waals surface area contributed by atoms with E-state index >= 15 is 0 Å². The SMILES string of the molecule is COCC(=O)N1CCN(C(=O)c2cn(Cc3ccccc3)nc2-c2ccc(C)c(C)c2)CC1. The first-order valence-corrected chi connectivity index (χ1v) is 11.2. The summed E-state index contributed by atoms with van der Waals surface area (Å²) in [6, 6.07) is 16.3. The molecule has 3 aromatic rings. The van der Waals surface area contributed by atoms with Crippen LogP contribution in [0.1, 0.15) is 27.0 Å². The van der Waals surface area contributed by atoms with Crippen molar-refractivity contribution in [3.05, 3.63) is 77.0 Å². The summed E-state index contributed by atoms with van der Waals surface area (Å²) in [6.07, 6.45) is 1.85. The molecule has 0 spiro atoms. The zero-order valence-electron chi connectivity index (χ0n) is 19.5. The molecule has 0 atom stereocenters. The topological polar surface area (TPSA) is 67.7 Å². The number of amides is 2. The Bertz CT molecular complexity index is 1130. The highest BCUT2D eigenvalue weighted by atomic mass is 16.5. The summed E-state index contributed by atoms with van der Waals surface area (Å²) in [5.41, 5.74) is 5.70. The van der Waals surface area contributed by atoms with E-state index in [1.54, 1.807) is 4.90 Å². The van der Waals surface area contributed by atoms with Crippen molar-refractivity contribution < 1.29 is 14.3 Å². The molecule has 1 fully saturated rings. The summed E-state index contributed by atoms with van der Waals surface area (Å²) >= 11 is 0. The van der Waals surface area contributed by atoms with E-state index in [-0.39, 0.29) is 18.4 Å². The number of carbonyl (C=O) groups is 2. The summed E-state index contributed by atoms with van der Waals surface area (Å²) in [5, 5.41) is 4.82. The Morgan fingerprint density at radius 2 is 1.64 bits per heavy atom. The number of piperazine rings is 1. The van der Waals surface area contributed by atoms with Crippen LogP contribution in [0.4, 0.5) is 0 Å². The van der Waals surface area contributed by atoms with Gasteiger partial charge in [0.2, 0.25) is 5.91 Å². The van der Waals surface area contributed by atoms with Gasteiger partial charge in [0.25, 0.3) is 5.91 Å². The lowest BCUT2D eigenvalue weighted by Crippen LogP contribution is -2.51. The largest absolute Gasteiger partial charge is 0.375 e. The molecule has 0 N–H and O–H groups in total. The molecule has 0 saturated carbocycles. The summed E-state index contributed by atoms with van der Waals surface area (Å²) in [5.74, 6) is -0.0996. The molecule has 0 radical (unpaired) electrons. The molecular weight excluding hydrogens is 416 g/mol. The van der Waals surface area contributed by atoms with Gasteiger partial charge in [-0.1, -0.05) is 42.5 Å². The molecule has 7 heteroatoms. The van der Waals surface area contributed by atoms with E-state index < -0.39 is 0 Å². The lowest BCUT2D eigenvalue weighted by molar-refractivity contribution is -0.136. The van der Waals surface area contributed by atoms with E-state index in [9.17, 15) is 9.59 Å². The van der Waals surface area contributed by atoms with Crippen LogP contribution < -0.4 is 0 Å². The summed E-state index contributed by atoms with van der Waals surface area (Å²) in [7, 11) is 1.51. The maximum absolute atomic E-state index is 13.6. The second-order valence-electron chi connectivity index (χ2n) is 8.48. The van der Waals surface area contributed by atoms with Crippen molar-refractivity contribution >= 4 is 11.8 Å². The minimum absolute atomic E-state index is 0.0453. The highest BCUT2D eigenvalue weighted by Crippen LogP contribution is 2.26. The van der Waals surface area contributed by atoms with E-state index in [4.69, 9.17) is 9.84 Å². The van der Waals surface area contributed by atoms with Gasteiger partial charge in [-0.2, -0.15) is 5.10 Å². The average molecular weight is 447 g/mol. The summed E-state index contributed by atoms with van der Waals surface area (Å²) in [4.78, 5) is 29.2. The molecule has 0 aliphatic carbocycles. The van der Waals surface area contributed by atoms with Crippen LogP contribution in [0, 0.1) is 13.8 Å². The smallest absolute Gasteiger partial charge is 0.257 e. The van der Waals surface area contributed by atoms with Gasteiger partial charge in [-0.05, 0) is 36.6 Å². The van der Waals surface area contributed by atoms with Crippen molar-refractivity contribution in [3.63, 3.8) is 0 Å². The van der Waals surface area contributed by atoms with Gasteiger partial charge in [-0.25, -0.2) is 0 Å². The molecule has 172 valence electrons. The Morgan fingerprint density at radius 3 is 2.30 bits per heavy atom. The van der Waals surface area contributed by atoms with Gasteiger partial charge in [0.15, 0.2) is 0 Å². The lowest BCUT2D eigenvalue weighted by Gasteiger charge is -2.34. The monoisotopic (exact) mass is 446 g/mol. The third kappa shape index (κ3) is 5.14. The second kappa shape index (κ2) is 10.0. The predicted molar refractivity (Wildman–Crippen MR) is 127 cm³/mol. The Kier molecular flexibility index (Phi) is 6.89. The fourth-order valence-electron chi connectivity index (χ4n) is 4.08. The average Bonchev–Trinajstić information content (AvgIpc) is 3.25. The molecule has 0 bridgehead atoms. The van der Waals surface area contributed by atoms with Crippen molar-refractivity contribution in [2.45, 2.75) is 20.4 Å². The van der Waals surface area contributed by atoms with E-state index in [1.165, 1.54) is 12.7 Å². The standard InChI is InChI=1S/C26H30N4O3/c1-19-9-10-22(15-20(19)2)25-23(17-30(27-25)16-21-7-5-4-6-8-21)26(32)29-13-11-28(12-14-29)24(31)18-33-3/h4-10,15,17H,11-14,16,18H2,1-3H3. The van der Waals surface area contributed by atoms with Crippen LogP contribution in [0.5, 0.6) is 0 Å². The molecule has 2 aromatic carbocycles. The molecule has 4 rings (SSSR count). The van der Waals surface area contributed by atoms with E-state index in [2.05, 4.69) is 38.1 Å². The highest BCUT2D eigenvalue weighted by molar-refractivity contribution is 6.00. The number of aromatic nitrogens is 2. The Morgan fingerprint density at radius 1 is 0.939 bits per heavy atom. The van der Waals surface area contributed by atoms with Crippen LogP contribution in [0.25, 0.3) is 11.3 Å². The number of hydrogen-bond acceptors (Lipinski definition) is 4. The molecule has 1 aliphatic heterocycles. The number of rotatable bonds is 6. The molecule has 1 saturated heterocycles. The molecule has 1 aromatic heterocycles. The molecule has 2 amide bonds. The van der Waals surface area contributed by atoms with Crippen LogP contribution in [0.15, 0.2) is 54.7 Å². The van der Waals surface area contributed by atoms with Gasteiger partial charge in [0.05, 0.1) is 12.1 Å².